The van der Waals surface area contributed by atoms with Crippen molar-refractivity contribution < 1.29 is 54.5 Å². The molecule has 0 N–H and O–H groups in total. The summed E-state index contributed by atoms with van der Waals surface area (Å²) in [5.41, 5.74) is 28.7. The van der Waals surface area contributed by atoms with Crippen molar-refractivity contribution >= 4 is 164 Å². The molecule has 0 unspecified atom stereocenters. The molecule has 149 heavy (non-hydrogen) atoms. The van der Waals surface area contributed by atoms with Crippen LogP contribution in [-0.4, -0.2) is 24.9 Å². The van der Waals surface area contributed by atoms with Gasteiger partial charge in [0, 0.05) is 182 Å². The molecule has 15 aromatic heterocycles. The summed E-state index contributed by atoms with van der Waals surface area (Å²) in [6.07, 6.45) is 28.0. The summed E-state index contributed by atoms with van der Waals surface area (Å²) >= 11 is 0. The third-order valence-electron chi connectivity index (χ3n) is 31.5. The molecule has 28 rings (SSSR count). The topological polar surface area (TPSA) is 150 Å². The molecule has 0 radical (unpaired) electrons. The minimum absolute atomic E-state index is 0.0680. The summed E-state index contributed by atoms with van der Waals surface area (Å²) < 4.78 is 105. The Kier molecular flexibility index (Phi) is 23.4. The molecule has 3 aliphatic carbocycles. The number of aryl methyl sites for hydroxylation is 11. The Morgan fingerprint density at radius 1 is 0.282 bits per heavy atom. The molecule has 15 nitrogen and oxygen atoms in total. The summed E-state index contributed by atoms with van der Waals surface area (Å²) in [5.74, 6) is -0.483. The smallest absolute Gasteiger partial charge is 0.227 e. The lowest BCUT2D eigenvalue weighted by molar-refractivity contribution is -0.660. The highest BCUT2D eigenvalue weighted by Gasteiger charge is 2.34. The van der Waals surface area contributed by atoms with E-state index in [1.54, 1.807) is 24.8 Å². The number of fused-ring (bicyclic) bond motifs is 25. The van der Waals surface area contributed by atoms with Crippen LogP contribution in [0.25, 0.3) is 220 Å². The number of aromatic nitrogens is 10. The highest BCUT2D eigenvalue weighted by Crippen LogP contribution is 2.51. The van der Waals surface area contributed by atoms with Crippen molar-refractivity contribution in [2.24, 2.45) is 53.0 Å². The Labute approximate surface area is 878 Å². The summed E-state index contributed by atoms with van der Waals surface area (Å²) in [6.45, 7) is 16.7. The van der Waals surface area contributed by atoms with Gasteiger partial charge in [0.15, 0.2) is 31.0 Å². The van der Waals surface area contributed by atoms with E-state index in [-0.39, 0.29) is 17.8 Å². The molecule has 0 atom stereocenters. The lowest BCUT2D eigenvalue weighted by Crippen LogP contribution is -2.31. The first-order valence-corrected chi connectivity index (χ1v) is 52.9. The van der Waals surface area contributed by atoms with E-state index in [0.717, 1.165) is 269 Å². The standard InChI is InChI=1S/C29H29N2O.2C28H27N2O.C26H25N2O.C23H19N2O/c1-19-22-11-6-7-12-23(22)28-27(24-13-8-15-30-29(24)32-28)26(19)25-18-21(14-16-31(25)2)17-20-9-4-3-5-10-20;1-18-21-10-5-6-11-22(21)27-26(23-12-7-14-29-28(23)31-27)25(18)24-17-20(13-15-30(24)2)16-19-8-3-4-9-19;1-18-21-11-6-7-12-22(21)27-26(23-13-8-15-29-28(23)31-27)25(18)24-17-20(14-16-30(24)2)19-9-4-3-5-10-19;1-16(2)14-18-11-13-28(4)22(15-18)23-17(3)19-8-5-6-9-20(19)25-24(23)21-10-7-12-27-26(21)29-25;1-14-11-12-18-21-20(19-10-6-7-13-25(19)3)15(2)16-8-4-5-9-17(16)22(21)26-23(18)24-14/h6-8,11-16,18,20H,3-5,9-10,17H2,1-2H3;5-7,10-15,17,19H,3-4,8-9,16H2,1-2H3;6-8,11-17,19H,3-5,9-10H2,1-2H3;5-13,15-16H,14H2,1-4H3;4-13H,1-3H3/q5*+1/i17D2;16D2;19D;14D2;. The highest BCUT2D eigenvalue weighted by molar-refractivity contribution is 6.27. The van der Waals surface area contributed by atoms with Gasteiger partial charge in [0.25, 0.3) is 0 Å². The van der Waals surface area contributed by atoms with Crippen LogP contribution in [0.5, 0.6) is 0 Å². The molecular weight excluding hydrogens is 1830 g/mol. The Balaban J connectivity index is 0.000000103. The van der Waals surface area contributed by atoms with Gasteiger partial charge in [-0.3, -0.25) is 0 Å². The molecule has 0 spiro atoms. The average molecular weight is 1960 g/mol. The first kappa shape index (κ1) is 87.2. The van der Waals surface area contributed by atoms with Crippen LogP contribution in [0.1, 0.15) is 175 Å². The van der Waals surface area contributed by atoms with Crippen molar-refractivity contribution in [3.8, 4) is 56.3 Å². The molecule has 0 bridgehead atoms. The molecule has 25 aromatic rings. The van der Waals surface area contributed by atoms with Gasteiger partial charge in [-0.05, 0) is 241 Å². The molecule has 0 amide bonds. The van der Waals surface area contributed by atoms with Crippen LogP contribution in [0, 0.1) is 59.3 Å². The van der Waals surface area contributed by atoms with Gasteiger partial charge in [-0.25, -0.2) is 47.8 Å². The first-order valence-electron chi connectivity index (χ1n) is 56.4. The van der Waals surface area contributed by atoms with E-state index in [4.69, 9.17) is 30.3 Å². The zero-order chi connectivity index (χ0) is 108. The minimum Gasteiger partial charge on any atom is -0.437 e. The van der Waals surface area contributed by atoms with E-state index in [1.165, 1.54) is 62.7 Å². The van der Waals surface area contributed by atoms with Crippen molar-refractivity contribution in [1.29, 1.82) is 0 Å². The number of furan rings is 5. The monoisotopic (exact) mass is 1960 g/mol. The van der Waals surface area contributed by atoms with Crippen molar-refractivity contribution in [2.45, 2.75) is 170 Å². The lowest BCUT2D eigenvalue weighted by atomic mass is 9.83. The second-order valence-electron chi connectivity index (χ2n) is 41.4. The maximum atomic E-state index is 9.20. The maximum absolute atomic E-state index is 9.20. The normalized spacial score (nSPS) is 15.1. The molecule has 3 aliphatic rings. The van der Waals surface area contributed by atoms with E-state index < -0.39 is 25.0 Å². The first-order chi connectivity index (χ1) is 75.4. The highest BCUT2D eigenvalue weighted by atomic mass is 16.4. The van der Waals surface area contributed by atoms with Gasteiger partial charge in [-0.15, -0.1) is 0 Å². The second-order valence-corrected chi connectivity index (χ2v) is 41.4. The molecule has 3 fully saturated rings. The van der Waals surface area contributed by atoms with Gasteiger partial charge in [0.2, 0.25) is 57.0 Å². The zero-order valence-electron chi connectivity index (χ0n) is 94.0. The molecule has 0 saturated heterocycles. The lowest BCUT2D eigenvalue weighted by Gasteiger charge is -2.22. The quantitative estimate of drug-likeness (QED) is 0.108. The summed E-state index contributed by atoms with van der Waals surface area (Å²) in [6, 6.07) is 84.7. The molecule has 738 valence electrons. The number of pyridine rings is 10. The fraction of sp³-hybridized carbons (Fsp3) is 0.254. The Hall–Kier alpha value is -16.0. The van der Waals surface area contributed by atoms with Gasteiger partial charge >= 0.3 is 0 Å². The molecule has 15 heterocycles. The van der Waals surface area contributed by atoms with Gasteiger partial charge in [-0.1, -0.05) is 212 Å². The van der Waals surface area contributed by atoms with E-state index in [1.807, 2.05) is 139 Å². The summed E-state index contributed by atoms with van der Waals surface area (Å²) in [5, 5.41) is 21.7. The van der Waals surface area contributed by atoms with Crippen molar-refractivity contribution in [1.82, 2.24) is 24.9 Å². The molecule has 0 aliphatic heterocycles. The van der Waals surface area contributed by atoms with E-state index >= 15 is 0 Å². The van der Waals surface area contributed by atoms with Crippen LogP contribution in [0.3, 0.4) is 0 Å². The molecule has 15 heteroatoms. The predicted octanol–water partition coefficient (Wildman–Crippen LogP) is 32.1. The fourth-order valence-corrected chi connectivity index (χ4v) is 24.2. The Morgan fingerprint density at radius 3 is 0.919 bits per heavy atom. The Morgan fingerprint density at radius 2 is 0.564 bits per heavy atom. The summed E-state index contributed by atoms with van der Waals surface area (Å²) in [4.78, 5) is 22.6. The fourth-order valence-electron chi connectivity index (χ4n) is 24.2. The largest absolute Gasteiger partial charge is 0.437 e. The van der Waals surface area contributed by atoms with Crippen LogP contribution >= 0.6 is 0 Å². The Bertz CT molecular complexity index is 9980. The third-order valence-corrected chi connectivity index (χ3v) is 31.5. The minimum atomic E-state index is -1.42. The van der Waals surface area contributed by atoms with Crippen LogP contribution in [0.4, 0.5) is 0 Å². The molecule has 3 saturated carbocycles. The number of rotatable bonds is 12. The van der Waals surface area contributed by atoms with Crippen LogP contribution < -0.4 is 22.8 Å². The van der Waals surface area contributed by atoms with Gasteiger partial charge in [0.05, 0.1) is 27.8 Å². The number of hydrogen-bond acceptors (Lipinski definition) is 10. The van der Waals surface area contributed by atoms with Gasteiger partial charge in [0.1, 0.15) is 63.2 Å². The number of nitrogens with zero attached hydrogens (tertiary/aromatic N) is 10. The van der Waals surface area contributed by atoms with Crippen LogP contribution in [0.15, 0.2) is 327 Å². The van der Waals surface area contributed by atoms with Crippen LogP contribution in [0.2, 0.25) is 0 Å². The van der Waals surface area contributed by atoms with Gasteiger partial charge in [-0.2, -0.15) is 0 Å². The molecule has 10 aromatic carbocycles. The van der Waals surface area contributed by atoms with E-state index in [0.29, 0.717) is 34.1 Å². The van der Waals surface area contributed by atoms with Crippen LogP contribution in [-0.2, 0) is 54.4 Å². The zero-order valence-corrected chi connectivity index (χ0v) is 87.0. The van der Waals surface area contributed by atoms with Gasteiger partial charge < -0.3 is 22.1 Å². The van der Waals surface area contributed by atoms with E-state index in [2.05, 4.69) is 279 Å². The van der Waals surface area contributed by atoms with Crippen molar-refractivity contribution in [2.75, 3.05) is 0 Å². The number of benzene rings is 10. The SMILES string of the molecule is Cc1ccc2c(n1)oc1c3ccccc3c(C)c(-c3cccc[n+]3C)c21.[2H]C([2H])(c1cc[n+](C)c(-c2c(C)c3ccccc3c3oc4ncccc4c23)c1)C(C)C.[2H]C([2H])(c1cc[n+](C)c(-c2c(C)c3ccccc3c3oc4ncccc4c23)c1)C1CCCC1.[2H]C([2H])(c1cc[n+](C)c(-c2c(C)c3ccccc3c3oc4ncccc4c23)c1)C1CCCCC1.[2H]C1(c2cc[n+](C)c(-c3c(C)c4ccccc4c4oc5ncccc5c34)c2)CCCCC1. The molecular formula is C134H127N10O5+5. The maximum Gasteiger partial charge on any atom is 0.227 e. The average Bonchev–Trinajstić information content (AvgIpc) is 1.55. The second kappa shape index (κ2) is 40.0. The summed E-state index contributed by atoms with van der Waals surface area (Å²) in [7, 11) is 10.3. The predicted molar refractivity (Wildman–Crippen MR) is 607 cm³/mol. The van der Waals surface area contributed by atoms with Crippen molar-refractivity contribution in [3.05, 3.63) is 360 Å². The third kappa shape index (κ3) is 17.4. The number of hydrogen-bond donors (Lipinski definition) is 0. The van der Waals surface area contributed by atoms with E-state index in [9.17, 15) is 1.37 Å². The van der Waals surface area contributed by atoms with Crippen molar-refractivity contribution in [3.63, 3.8) is 0 Å².